The van der Waals surface area contributed by atoms with Crippen molar-refractivity contribution in [3.8, 4) is 0 Å². The van der Waals surface area contributed by atoms with Gasteiger partial charge in [-0.05, 0) is 25.3 Å². The van der Waals surface area contributed by atoms with Crippen LogP contribution in [0.5, 0.6) is 0 Å². The van der Waals surface area contributed by atoms with Gasteiger partial charge in [-0.1, -0.05) is 26.7 Å². The van der Waals surface area contributed by atoms with Crippen LogP contribution in [0.1, 0.15) is 39.5 Å². The van der Waals surface area contributed by atoms with Gasteiger partial charge in [0, 0.05) is 32.2 Å². The zero-order valence-corrected chi connectivity index (χ0v) is 11.0. The normalized spacial score (nSPS) is 27.2. The van der Waals surface area contributed by atoms with E-state index in [2.05, 4.69) is 24.1 Å². The molecule has 0 amide bonds. The topological polar surface area (TPSA) is 41.3 Å². The highest BCUT2D eigenvalue weighted by molar-refractivity contribution is 4.83. The lowest BCUT2D eigenvalue weighted by molar-refractivity contribution is 0.138. The Bertz CT molecular complexity index is 159. The molecule has 0 radical (unpaired) electrons. The van der Waals surface area contributed by atoms with Gasteiger partial charge in [0.25, 0.3) is 0 Å². The quantitative estimate of drug-likeness (QED) is 0.691. The standard InChI is InChI=1S/C13H29N3/c1-3-5-6-12-9-13(15-4-2)11-16(10-12)8-7-14/h12-13,15H,3-11,14H2,1-2H3. The van der Waals surface area contributed by atoms with Crippen LogP contribution in [0, 0.1) is 5.92 Å². The summed E-state index contributed by atoms with van der Waals surface area (Å²) in [5, 5.41) is 3.60. The molecule has 0 bridgehead atoms. The second kappa shape index (κ2) is 8.04. The lowest BCUT2D eigenvalue weighted by atomic mass is 9.90. The summed E-state index contributed by atoms with van der Waals surface area (Å²) in [7, 11) is 0. The number of likely N-dealkylation sites (N-methyl/N-ethyl adjacent to an activating group) is 1. The van der Waals surface area contributed by atoms with Crippen LogP contribution in [0.3, 0.4) is 0 Å². The zero-order valence-electron chi connectivity index (χ0n) is 11.0. The van der Waals surface area contributed by atoms with E-state index in [-0.39, 0.29) is 0 Å². The first kappa shape index (κ1) is 13.9. The summed E-state index contributed by atoms with van der Waals surface area (Å²) >= 11 is 0. The van der Waals surface area contributed by atoms with Crippen molar-refractivity contribution >= 4 is 0 Å². The van der Waals surface area contributed by atoms with E-state index in [0.29, 0.717) is 6.04 Å². The molecule has 0 aliphatic carbocycles. The smallest absolute Gasteiger partial charge is 0.0198 e. The highest BCUT2D eigenvalue weighted by Crippen LogP contribution is 2.21. The van der Waals surface area contributed by atoms with Crippen molar-refractivity contribution in [2.45, 2.75) is 45.6 Å². The molecule has 1 heterocycles. The predicted molar refractivity (Wildman–Crippen MR) is 70.6 cm³/mol. The maximum atomic E-state index is 5.66. The molecule has 2 atom stereocenters. The van der Waals surface area contributed by atoms with Gasteiger partial charge in [-0.15, -0.1) is 0 Å². The lowest BCUT2D eigenvalue weighted by Crippen LogP contribution is -2.50. The Kier molecular flexibility index (Phi) is 7.01. The summed E-state index contributed by atoms with van der Waals surface area (Å²) in [6.45, 7) is 9.86. The lowest BCUT2D eigenvalue weighted by Gasteiger charge is -2.38. The fourth-order valence-electron chi connectivity index (χ4n) is 2.81. The molecule has 0 aromatic rings. The van der Waals surface area contributed by atoms with Gasteiger partial charge in [-0.3, -0.25) is 0 Å². The van der Waals surface area contributed by atoms with E-state index >= 15 is 0 Å². The molecule has 3 nitrogen and oxygen atoms in total. The summed E-state index contributed by atoms with van der Waals surface area (Å²) in [6.07, 6.45) is 5.44. The maximum Gasteiger partial charge on any atom is 0.0198 e. The van der Waals surface area contributed by atoms with E-state index < -0.39 is 0 Å². The van der Waals surface area contributed by atoms with Crippen LogP contribution in [0.15, 0.2) is 0 Å². The first-order valence-corrected chi connectivity index (χ1v) is 6.95. The van der Waals surface area contributed by atoms with Gasteiger partial charge < -0.3 is 16.0 Å². The Labute approximate surface area is 101 Å². The van der Waals surface area contributed by atoms with Crippen LogP contribution >= 0.6 is 0 Å². The van der Waals surface area contributed by atoms with Crippen molar-refractivity contribution in [1.82, 2.24) is 10.2 Å². The van der Waals surface area contributed by atoms with E-state index in [1.807, 2.05) is 0 Å². The highest BCUT2D eigenvalue weighted by atomic mass is 15.2. The molecule has 0 aromatic heterocycles. The SMILES string of the molecule is CCCCC1CC(NCC)CN(CCN)C1. The summed E-state index contributed by atoms with van der Waals surface area (Å²) in [5.74, 6) is 0.879. The van der Waals surface area contributed by atoms with Crippen LogP contribution in [0.2, 0.25) is 0 Å². The van der Waals surface area contributed by atoms with E-state index in [4.69, 9.17) is 5.73 Å². The maximum absolute atomic E-state index is 5.66. The predicted octanol–water partition coefficient (Wildman–Crippen LogP) is 1.44. The van der Waals surface area contributed by atoms with Crippen molar-refractivity contribution in [3.05, 3.63) is 0 Å². The van der Waals surface area contributed by atoms with Crippen LogP contribution in [-0.2, 0) is 0 Å². The third kappa shape index (κ3) is 4.81. The van der Waals surface area contributed by atoms with Crippen LogP contribution in [-0.4, -0.2) is 43.7 Å². The molecule has 2 unspecified atom stereocenters. The molecule has 1 aliphatic heterocycles. The van der Waals surface area contributed by atoms with Gasteiger partial charge in [0.05, 0.1) is 0 Å². The first-order chi connectivity index (χ1) is 7.80. The number of nitrogens with one attached hydrogen (secondary N) is 1. The molecular weight excluding hydrogens is 198 g/mol. The Hall–Kier alpha value is -0.120. The van der Waals surface area contributed by atoms with Crippen molar-refractivity contribution < 1.29 is 0 Å². The van der Waals surface area contributed by atoms with Gasteiger partial charge in [0.15, 0.2) is 0 Å². The number of nitrogens with two attached hydrogens (primary N) is 1. The Morgan fingerprint density at radius 1 is 1.31 bits per heavy atom. The number of likely N-dealkylation sites (tertiary alicyclic amines) is 1. The number of nitrogens with zero attached hydrogens (tertiary/aromatic N) is 1. The average Bonchev–Trinajstić information content (AvgIpc) is 2.27. The number of hydrogen-bond donors (Lipinski definition) is 2. The number of unbranched alkanes of at least 4 members (excludes halogenated alkanes) is 1. The van der Waals surface area contributed by atoms with Crippen LogP contribution < -0.4 is 11.1 Å². The van der Waals surface area contributed by atoms with Crippen molar-refractivity contribution in [2.75, 3.05) is 32.7 Å². The van der Waals surface area contributed by atoms with E-state index in [9.17, 15) is 0 Å². The van der Waals surface area contributed by atoms with Crippen molar-refractivity contribution in [1.29, 1.82) is 0 Å². The molecule has 1 rings (SSSR count). The van der Waals surface area contributed by atoms with Crippen LogP contribution in [0.25, 0.3) is 0 Å². The Morgan fingerprint density at radius 2 is 2.12 bits per heavy atom. The average molecular weight is 227 g/mol. The zero-order chi connectivity index (χ0) is 11.8. The minimum atomic E-state index is 0.687. The second-order valence-electron chi connectivity index (χ2n) is 5.05. The highest BCUT2D eigenvalue weighted by Gasteiger charge is 2.25. The van der Waals surface area contributed by atoms with E-state index in [0.717, 1.165) is 25.6 Å². The summed E-state index contributed by atoms with van der Waals surface area (Å²) < 4.78 is 0. The first-order valence-electron chi connectivity index (χ1n) is 6.95. The molecule has 96 valence electrons. The summed E-state index contributed by atoms with van der Waals surface area (Å²) in [5.41, 5.74) is 5.66. The second-order valence-corrected chi connectivity index (χ2v) is 5.05. The molecule has 0 aromatic carbocycles. The molecule has 3 heteroatoms. The van der Waals surface area contributed by atoms with Gasteiger partial charge in [-0.25, -0.2) is 0 Å². The number of hydrogen-bond acceptors (Lipinski definition) is 3. The van der Waals surface area contributed by atoms with Gasteiger partial charge in [0.1, 0.15) is 0 Å². The van der Waals surface area contributed by atoms with Crippen LogP contribution in [0.4, 0.5) is 0 Å². The summed E-state index contributed by atoms with van der Waals surface area (Å²) in [4.78, 5) is 2.54. The molecule has 1 saturated heterocycles. The Balaban J connectivity index is 2.38. The number of piperidine rings is 1. The van der Waals surface area contributed by atoms with Gasteiger partial charge in [-0.2, -0.15) is 0 Å². The Morgan fingerprint density at radius 3 is 2.75 bits per heavy atom. The fraction of sp³-hybridized carbons (Fsp3) is 1.00. The number of rotatable bonds is 7. The minimum Gasteiger partial charge on any atom is -0.329 e. The molecule has 1 aliphatic rings. The van der Waals surface area contributed by atoms with Gasteiger partial charge >= 0.3 is 0 Å². The summed E-state index contributed by atoms with van der Waals surface area (Å²) in [6, 6.07) is 0.687. The molecule has 1 fully saturated rings. The molecule has 3 N–H and O–H groups in total. The monoisotopic (exact) mass is 227 g/mol. The van der Waals surface area contributed by atoms with Gasteiger partial charge in [0.2, 0.25) is 0 Å². The van der Waals surface area contributed by atoms with Crippen molar-refractivity contribution in [2.24, 2.45) is 11.7 Å². The fourth-order valence-corrected chi connectivity index (χ4v) is 2.81. The molecular formula is C13H29N3. The molecule has 0 spiro atoms. The molecule has 16 heavy (non-hydrogen) atoms. The van der Waals surface area contributed by atoms with E-state index in [1.165, 1.54) is 38.8 Å². The largest absolute Gasteiger partial charge is 0.329 e. The molecule has 0 saturated carbocycles. The third-order valence-electron chi connectivity index (χ3n) is 3.52. The van der Waals surface area contributed by atoms with Crippen molar-refractivity contribution in [3.63, 3.8) is 0 Å². The van der Waals surface area contributed by atoms with E-state index in [1.54, 1.807) is 0 Å². The third-order valence-corrected chi connectivity index (χ3v) is 3.52. The minimum absolute atomic E-state index is 0.687.